The third-order valence-electron chi connectivity index (χ3n) is 6.41. The Morgan fingerprint density at radius 2 is 1.68 bits per heavy atom. The van der Waals surface area contributed by atoms with Gasteiger partial charge in [-0.3, -0.25) is 9.59 Å². The molecule has 3 aromatic carbocycles. The number of hydrogen-bond donors (Lipinski definition) is 1. The summed E-state index contributed by atoms with van der Waals surface area (Å²) >= 11 is 0. The molecule has 0 saturated carbocycles. The van der Waals surface area contributed by atoms with Crippen molar-refractivity contribution in [3.63, 3.8) is 0 Å². The number of piperazine rings is 1. The fourth-order valence-corrected chi connectivity index (χ4v) is 4.57. The molecule has 6 nitrogen and oxygen atoms in total. The lowest BCUT2D eigenvalue weighted by Gasteiger charge is -2.40. The quantitative estimate of drug-likeness (QED) is 0.474. The summed E-state index contributed by atoms with van der Waals surface area (Å²) in [5, 5.41) is 0.978. The van der Waals surface area contributed by atoms with E-state index in [0.717, 1.165) is 27.8 Å². The molecule has 0 bridgehead atoms. The van der Waals surface area contributed by atoms with Gasteiger partial charge >= 0.3 is 0 Å². The first-order chi connectivity index (χ1) is 16.6. The topological polar surface area (TPSA) is 65.6 Å². The first-order valence-electron chi connectivity index (χ1n) is 11.5. The fourth-order valence-electron chi connectivity index (χ4n) is 4.57. The number of ether oxygens (including phenoxy) is 1. The van der Waals surface area contributed by atoms with Gasteiger partial charge in [0.2, 0.25) is 5.91 Å². The molecule has 1 aliphatic heterocycles. The van der Waals surface area contributed by atoms with Crippen LogP contribution >= 0.6 is 0 Å². The minimum absolute atomic E-state index is 0.0321. The molecule has 2 amide bonds. The van der Waals surface area contributed by atoms with Gasteiger partial charge in [0.05, 0.1) is 7.11 Å². The van der Waals surface area contributed by atoms with Crippen molar-refractivity contribution in [3.05, 3.63) is 102 Å². The maximum absolute atomic E-state index is 13.7. The highest BCUT2D eigenvalue weighted by Gasteiger charge is 2.38. The smallest absolute Gasteiger partial charge is 0.271 e. The second-order valence-corrected chi connectivity index (χ2v) is 8.58. The molecule has 4 aromatic rings. The zero-order valence-electron chi connectivity index (χ0n) is 19.1. The van der Waals surface area contributed by atoms with Crippen LogP contribution < -0.4 is 4.74 Å². The van der Waals surface area contributed by atoms with Crippen LogP contribution in [0.25, 0.3) is 10.9 Å². The second kappa shape index (κ2) is 9.43. The van der Waals surface area contributed by atoms with Crippen LogP contribution in [0.4, 0.5) is 0 Å². The molecule has 34 heavy (non-hydrogen) atoms. The number of hydrogen-bond acceptors (Lipinski definition) is 3. The highest BCUT2D eigenvalue weighted by atomic mass is 16.5. The summed E-state index contributed by atoms with van der Waals surface area (Å²) in [6.07, 6.45) is 0.445. The van der Waals surface area contributed by atoms with Gasteiger partial charge in [0.25, 0.3) is 5.91 Å². The SMILES string of the molecule is COc1ccc(C[C@H]2C(=O)N(Cc3ccccc3)CCN2C(=O)c2cc3ccccc3[nH]2)cc1. The number of aromatic nitrogens is 1. The van der Waals surface area contributed by atoms with Gasteiger partial charge in [0.15, 0.2) is 0 Å². The lowest BCUT2D eigenvalue weighted by molar-refractivity contribution is -0.140. The first-order valence-corrected chi connectivity index (χ1v) is 11.5. The van der Waals surface area contributed by atoms with Crippen LogP contribution in [-0.2, 0) is 17.8 Å². The standard InChI is InChI=1S/C28H27N3O3/c1-34-23-13-11-20(12-14-23)17-26-28(33)30(19-21-7-3-2-4-8-21)15-16-31(26)27(32)25-18-22-9-5-6-10-24(22)29-25/h2-14,18,26,29H,15-17,19H2,1H3/t26-/m0/s1. The number of carbonyl (C=O) groups excluding carboxylic acids is 2. The van der Waals surface area contributed by atoms with Crippen molar-refractivity contribution >= 4 is 22.7 Å². The number of H-pyrrole nitrogens is 1. The van der Waals surface area contributed by atoms with Gasteiger partial charge in [0.1, 0.15) is 17.5 Å². The molecule has 1 aromatic heterocycles. The van der Waals surface area contributed by atoms with Gasteiger partial charge in [-0.1, -0.05) is 60.7 Å². The third-order valence-corrected chi connectivity index (χ3v) is 6.41. The largest absolute Gasteiger partial charge is 0.497 e. The van der Waals surface area contributed by atoms with Crippen molar-refractivity contribution in [2.75, 3.05) is 20.2 Å². The molecule has 1 aliphatic rings. The minimum Gasteiger partial charge on any atom is -0.497 e. The summed E-state index contributed by atoms with van der Waals surface area (Å²) in [5.41, 5.74) is 3.47. The third kappa shape index (κ3) is 4.39. The van der Waals surface area contributed by atoms with Crippen molar-refractivity contribution in [2.24, 2.45) is 0 Å². The van der Waals surface area contributed by atoms with Crippen molar-refractivity contribution in [1.29, 1.82) is 0 Å². The Labute approximate surface area is 198 Å². The molecule has 0 aliphatic carbocycles. The first kappa shape index (κ1) is 21.8. The molecule has 1 N–H and O–H groups in total. The molecule has 1 saturated heterocycles. The Morgan fingerprint density at radius 1 is 0.941 bits per heavy atom. The van der Waals surface area contributed by atoms with Gasteiger partial charge in [-0.15, -0.1) is 0 Å². The number of amides is 2. The van der Waals surface area contributed by atoms with Crippen LogP contribution in [-0.4, -0.2) is 52.8 Å². The number of fused-ring (bicyclic) bond motifs is 1. The Morgan fingerprint density at radius 3 is 2.41 bits per heavy atom. The average molecular weight is 454 g/mol. The van der Waals surface area contributed by atoms with Gasteiger partial charge in [-0.2, -0.15) is 0 Å². The molecular formula is C28H27N3O3. The van der Waals surface area contributed by atoms with Crippen molar-refractivity contribution in [2.45, 2.75) is 19.0 Å². The molecule has 6 heteroatoms. The maximum Gasteiger partial charge on any atom is 0.271 e. The molecule has 172 valence electrons. The van der Waals surface area contributed by atoms with Gasteiger partial charge in [0, 0.05) is 37.0 Å². The predicted molar refractivity (Wildman–Crippen MR) is 132 cm³/mol. The fraction of sp³-hybridized carbons (Fsp3) is 0.214. The lowest BCUT2D eigenvalue weighted by Crippen LogP contribution is -2.59. The summed E-state index contributed by atoms with van der Waals surface area (Å²) < 4.78 is 5.27. The molecule has 1 atom stereocenters. The molecule has 5 rings (SSSR count). The lowest BCUT2D eigenvalue weighted by atomic mass is 10.00. The Bertz CT molecular complexity index is 1260. The summed E-state index contributed by atoms with van der Waals surface area (Å²) in [6.45, 7) is 1.51. The number of nitrogens with zero attached hydrogens (tertiary/aromatic N) is 2. The summed E-state index contributed by atoms with van der Waals surface area (Å²) in [5.74, 6) is 0.577. The Balaban J connectivity index is 1.43. The number of methoxy groups -OCH3 is 1. The van der Waals surface area contributed by atoms with Crippen LogP contribution in [0.2, 0.25) is 0 Å². The number of nitrogens with one attached hydrogen (secondary N) is 1. The van der Waals surface area contributed by atoms with E-state index in [2.05, 4.69) is 4.98 Å². The Hall–Kier alpha value is -4.06. The van der Waals surface area contributed by atoms with E-state index in [1.54, 1.807) is 12.0 Å². The zero-order chi connectivity index (χ0) is 23.5. The number of rotatable bonds is 6. The van der Waals surface area contributed by atoms with Crippen molar-refractivity contribution in [1.82, 2.24) is 14.8 Å². The number of aromatic amines is 1. The minimum atomic E-state index is -0.579. The van der Waals surface area contributed by atoms with E-state index in [1.165, 1.54) is 0 Å². The van der Waals surface area contributed by atoms with E-state index < -0.39 is 6.04 Å². The normalized spacial score (nSPS) is 16.1. The van der Waals surface area contributed by atoms with Crippen LogP contribution in [0.15, 0.2) is 84.9 Å². The van der Waals surface area contributed by atoms with Gasteiger partial charge < -0.3 is 19.5 Å². The van der Waals surface area contributed by atoms with E-state index in [9.17, 15) is 9.59 Å². The molecule has 1 fully saturated rings. The number of benzene rings is 3. The van der Waals surface area contributed by atoms with E-state index in [-0.39, 0.29) is 11.8 Å². The second-order valence-electron chi connectivity index (χ2n) is 8.58. The molecular weight excluding hydrogens is 426 g/mol. The number of carbonyl (C=O) groups is 2. The van der Waals surface area contributed by atoms with Crippen LogP contribution in [0, 0.1) is 0 Å². The van der Waals surface area contributed by atoms with Crippen molar-refractivity contribution < 1.29 is 14.3 Å². The summed E-state index contributed by atoms with van der Waals surface area (Å²) in [4.78, 5) is 34.1. The monoisotopic (exact) mass is 453 g/mol. The van der Waals surface area contributed by atoms with E-state index in [1.807, 2.05) is 89.8 Å². The molecule has 0 unspecified atom stereocenters. The highest BCUT2D eigenvalue weighted by Crippen LogP contribution is 2.23. The van der Waals surface area contributed by atoms with E-state index in [4.69, 9.17) is 4.74 Å². The average Bonchev–Trinajstić information content (AvgIpc) is 3.32. The summed E-state index contributed by atoms with van der Waals surface area (Å²) in [6, 6.07) is 26.7. The highest BCUT2D eigenvalue weighted by molar-refractivity contribution is 6.00. The van der Waals surface area contributed by atoms with E-state index >= 15 is 0 Å². The zero-order valence-corrected chi connectivity index (χ0v) is 19.1. The molecule has 0 spiro atoms. The predicted octanol–water partition coefficient (Wildman–Crippen LogP) is 4.27. The Kier molecular flexibility index (Phi) is 6.04. The number of para-hydroxylation sites is 1. The van der Waals surface area contributed by atoms with Gasteiger partial charge in [-0.05, 0) is 35.4 Å². The maximum atomic E-state index is 13.7. The van der Waals surface area contributed by atoms with Crippen LogP contribution in [0.1, 0.15) is 21.6 Å². The van der Waals surface area contributed by atoms with Crippen LogP contribution in [0.5, 0.6) is 5.75 Å². The summed E-state index contributed by atoms with van der Waals surface area (Å²) in [7, 11) is 1.63. The van der Waals surface area contributed by atoms with Crippen LogP contribution in [0.3, 0.4) is 0 Å². The van der Waals surface area contributed by atoms with Crippen molar-refractivity contribution in [3.8, 4) is 5.75 Å². The van der Waals surface area contributed by atoms with Gasteiger partial charge in [-0.25, -0.2) is 0 Å². The van der Waals surface area contributed by atoms with E-state index in [0.29, 0.717) is 31.7 Å². The molecule has 2 heterocycles. The molecule has 0 radical (unpaired) electrons.